The monoisotopic (exact) mass is 438 g/mol. The number of carbonyl (C=O) groups is 1. The summed E-state index contributed by atoms with van der Waals surface area (Å²) in [5.74, 6) is 0.474. The van der Waals surface area contributed by atoms with Crippen molar-refractivity contribution in [2.75, 3.05) is 13.7 Å². The quantitative estimate of drug-likeness (QED) is 0.320. The van der Waals surface area contributed by atoms with Crippen LogP contribution in [-0.4, -0.2) is 36.6 Å². The van der Waals surface area contributed by atoms with Gasteiger partial charge in [0.1, 0.15) is 9.88 Å². The van der Waals surface area contributed by atoms with Gasteiger partial charge in [0.2, 0.25) is 0 Å². The second-order valence-corrected chi connectivity index (χ2v) is 6.07. The number of ether oxygens (including phenoxy) is 1. The standard InChI is InChI=1S/C14H22N4O2S.HI/c1-5-20-13(19)11-8(2)16-12(21-11)9(3)17-14(15-4)18-10-6-7-10;/h9-10H,5-7H2,1-4H3,(H2,15,17,18);1H. The zero-order valence-electron chi connectivity index (χ0n) is 13.3. The van der Waals surface area contributed by atoms with Gasteiger partial charge in [-0.1, -0.05) is 0 Å². The molecule has 22 heavy (non-hydrogen) atoms. The van der Waals surface area contributed by atoms with Crippen LogP contribution in [0.25, 0.3) is 0 Å². The first-order valence-corrected chi connectivity index (χ1v) is 8.01. The molecule has 0 bridgehead atoms. The molecule has 8 heteroatoms. The zero-order chi connectivity index (χ0) is 15.4. The molecule has 2 rings (SSSR count). The summed E-state index contributed by atoms with van der Waals surface area (Å²) in [7, 11) is 1.75. The van der Waals surface area contributed by atoms with E-state index in [1.54, 1.807) is 14.0 Å². The lowest BCUT2D eigenvalue weighted by Crippen LogP contribution is -2.39. The number of esters is 1. The summed E-state index contributed by atoms with van der Waals surface area (Å²) in [4.78, 5) is 21.1. The minimum atomic E-state index is -0.300. The zero-order valence-corrected chi connectivity index (χ0v) is 16.5. The van der Waals surface area contributed by atoms with Crippen molar-refractivity contribution in [1.82, 2.24) is 15.6 Å². The molecular formula is C14H23IN4O2S. The Kier molecular flexibility index (Phi) is 7.54. The molecule has 2 N–H and O–H groups in total. The maximum Gasteiger partial charge on any atom is 0.350 e. The highest BCUT2D eigenvalue weighted by Gasteiger charge is 2.24. The minimum Gasteiger partial charge on any atom is -0.462 e. The fourth-order valence-electron chi connectivity index (χ4n) is 1.85. The summed E-state index contributed by atoms with van der Waals surface area (Å²) in [5, 5.41) is 7.49. The van der Waals surface area contributed by atoms with Gasteiger partial charge in [0, 0.05) is 13.1 Å². The Morgan fingerprint density at radius 3 is 2.77 bits per heavy atom. The van der Waals surface area contributed by atoms with E-state index in [9.17, 15) is 4.79 Å². The Bertz CT molecular complexity index is 543. The van der Waals surface area contributed by atoms with Crippen LogP contribution in [0, 0.1) is 6.92 Å². The summed E-state index contributed by atoms with van der Waals surface area (Å²) in [6, 6.07) is 0.526. The molecule has 0 saturated heterocycles. The Morgan fingerprint density at radius 2 is 2.23 bits per heavy atom. The molecule has 1 aliphatic carbocycles. The van der Waals surface area contributed by atoms with Gasteiger partial charge >= 0.3 is 5.97 Å². The third kappa shape index (κ3) is 5.08. The highest BCUT2D eigenvalue weighted by Crippen LogP contribution is 2.24. The topological polar surface area (TPSA) is 75.6 Å². The average Bonchev–Trinajstić information content (AvgIpc) is 3.18. The highest BCUT2D eigenvalue weighted by atomic mass is 127. The number of rotatable bonds is 5. The lowest BCUT2D eigenvalue weighted by Gasteiger charge is -2.15. The van der Waals surface area contributed by atoms with Crippen molar-refractivity contribution < 1.29 is 9.53 Å². The van der Waals surface area contributed by atoms with E-state index in [-0.39, 0.29) is 36.0 Å². The van der Waals surface area contributed by atoms with Crippen LogP contribution >= 0.6 is 35.3 Å². The van der Waals surface area contributed by atoms with Crippen LogP contribution in [0.4, 0.5) is 0 Å². The first-order chi connectivity index (χ1) is 10.0. The van der Waals surface area contributed by atoms with Crippen molar-refractivity contribution in [3.8, 4) is 0 Å². The molecule has 0 aliphatic heterocycles. The molecule has 1 heterocycles. The van der Waals surface area contributed by atoms with E-state index in [1.807, 2.05) is 13.8 Å². The van der Waals surface area contributed by atoms with E-state index < -0.39 is 0 Å². The molecule has 0 radical (unpaired) electrons. The number of carbonyl (C=O) groups excluding carboxylic acids is 1. The maximum atomic E-state index is 11.8. The molecule has 1 atom stereocenters. The molecule has 6 nitrogen and oxygen atoms in total. The number of halogens is 1. The fourth-order valence-corrected chi connectivity index (χ4v) is 2.81. The molecule has 124 valence electrons. The van der Waals surface area contributed by atoms with Gasteiger partial charge in [0.15, 0.2) is 5.96 Å². The summed E-state index contributed by atoms with van der Waals surface area (Å²) >= 11 is 1.37. The van der Waals surface area contributed by atoms with E-state index in [4.69, 9.17) is 4.74 Å². The Balaban J connectivity index is 0.00000242. The predicted octanol–water partition coefficient (Wildman–Crippen LogP) is 2.63. The number of guanidine groups is 1. The van der Waals surface area contributed by atoms with Crippen LogP contribution in [0.1, 0.15) is 53.1 Å². The SMILES string of the molecule is CCOC(=O)c1sc(C(C)NC(=NC)NC2CC2)nc1C.I. The largest absolute Gasteiger partial charge is 0.462 e. The summed E-state index contributed by atoms with van der Waals surface area (Å²) in [6.45, 7) is 6.01. The molecule has 1 aliphatic rings. The molecule has 0 aromatic carbocycles. The van der Waals surface area contributed by atoms with Crippen LogP contribution in [0.5, 0.6) is 0 Å². The van der Waals surface area contributed by atoms with E-state index in [0.29, 0.717) is 23.2 Å². The Morgan fingerprint density at radius 1 is 1.55 bits per heavy atom. The number of aryl methyl sites for hydroxylation is 1. The average molecular weight is 438 g/mol. The van der Waals surface area contributed by atoms with Crippen molar-refractivity contribution >= 4 is 47.2 Å². The van der Waals surface area contributed by atoms with Gasteiger partial charge in [-0.15, -0.1) is 35.3 Å². The van der Waals surface area contributed by atoms with Crippen molar-refractivity contribution in [2.24, 2.45) is 4.99 Å². The van der Waals surface area contributed by atoms with E-state index >= 15 is 0 Å². The Hall–Kier alpha value is -0.900. The first kappa shape index (κ1) is 19.1. The third-order valence-electron chi connectivity index (χ3n) is 3.14. The predicted molar refractivity (Wildman–Crippen MR) is 99.3 cm³/mol. The van der Waals surface area contributed by atoms with Gasteiger partial charge in [-0.3, -0.25) is 4.99 Å². The van der Waals surface area contributed by atoms with Crippen LogP contribution in [0.2, 0.25) is 0 Å². The van der Waals surface area contributed by atoms with Gasteiger partial charge in [0.25, 0.3) is 0 Å². The molecule has 0 spiro atoms. The van der Waals surface area contributed by atoms with Crippen molar-refractivity contribution in [2.45, 2.75) is 45.7 Å². The molecule has 1 aromatic heterocycles. The van der Waals surface area contributed by atoms with Gasteiger partial charge < -0.3 is 15.4 Å². The normalized spacial score (nSPS) is 15.7. The summed E-state index contributed by atoms with van der Waals surface area (Å²) < 4.78 is 5.04. The number of aromatic nitrogens is 1. The molecule has 1 fully saturated rings. The van der Waals surface area contributed by atoms with Gasteiger partial charge in [-0.25, -0.2) is 9.78 Å². The number of hydrogen-bond acceptors (Lipinski definition) is 5. The number of thiazole rings is 1. The summed E-state index contributed by atoms with van der Waals surface area (Å²) in [5.41, 5.74) is 0.715. The molecule has 1 aromatic rings. The lowest BCUT2D eigenvalue weighted by atomic mass is 10.3. The second-order valence-electron chi connectivity index (χ2n) is 5.04. The molecular weight excluding hydrogens is 415 g/mol. The van der Waals surface area contributed by atoms with E-state index in [2.05, 4.69) is 20.6 Å². The van der Waals surface area contributed by atoms with E-state index in [0.717, 1.165) is 11.0 Å². The number of nitrogens with one attached hydrogen (secondary N) is 2. The van der Waals surface area contributed by atoms with Crippen LogP contribution in [-0.2, 0) is 4.74 Å². The van der Waals surface area contributed by atoms with Crippen LogP contribution in [0.15, 0.2) is 4.99 Å². The number of aliphatic imine (C=N–C) groups is 1. The highest BCUT2D eigenvalue weighted by molar-refractivity contribution is 14.0. The Labute approximate surface area is 152 Å². The number of nitrogens with zero attached hydrogens (tertiary/aromatic N) is 2. The molecule has 1 unspecified atom stereocenters. The second kappa shape index (κ2) is 8.66. The minimum absolute atomic E-state index is 0. The first-order valence-electron chi connectivity index (χ1n) is 7.19. The summed E-state index contributed by atoms with van der Waals surface area (Å²) in [6.07, 6.45) is 2.39. The van der Waals surface area contributed by atoms with Gasteiger partial charge in [-0.2, -0.15) is 0 Å². The third-order valence-corrected chi connectivity index (χ3v) is 4.46. The number of hydrogen-bond donors (Lipinski definition) is 2. The maximum absolute atomic E-state index is 11.8. The molecule has 1 saturated carbocycles. The van der Waals surface area contributed by atoms with Crippen LogP contribution < -0.4 is 10.6 Å². The van der Waals surface area contributed by atoms with Crippen molar-refractivity contribution in [3.05, 3.63) is 15.6 Å². The van der Waals surface area contributed by atoms with Crippen LogP contribution in [0.3, 0.4) is 0 Å². The van der Waals surface area contributed by atoms with Gasteiger partial charge in [-0.05, 0) is 33.6 Å². The molecule has 0 amide bonds. The van der Waals surface area contributed by atoms with E-state index in [1.165, 1.54) is 24.2 Å². The smallest absolute Gasteiger partial charge is 0.350 e. The lowest BCUT2D eigenvalue weighted by molar-refractivity contribution is 0.0531. The van der Waals surface area contributed by atoms with Crippen molar-refractivity contribution in [3.63, 3.8) is 0 Å². The van der Waals surface area contributed by atoms with Crippen molar-refractivity contribution in [1.29, 1.82) is 0 Å². The fraction of sp³-hybridized carbons (Fsp3) is 0.643. The van der Waals surface area contributed by atoms with Gasteiger partial charge in [0.05, 0.1) is 18.3 Å².